The van der Waals surface area contributed by atoms with Crippen molar-refractivity contribution in [3.8, 4) is 17.9 Å². The van der Waals surface area contributed by atoms with Gasteiger partial charge in [-0.25, -0.2) is 4.39 Å². The fraction of sp³-hybridized carbons (Fsp3) is 0.182. The zero-order valence-corrected chi connectivity index (χ0v) is 7.55. The average Bonchev–Trinajstić information content (AvgIpc) is 2.19. The monoisotopic (exact) mass is 188 g/mol. The van der Waals surface area contributed by atoms with E-state index < -0.39 is 0 Å². The molecule has 0 heterocycles. The van der Waals surface area contributed by atoms with Crippen LogP contribution in [0.4, 0.5) is 4.39 Å². The van der Waals surface area contributed by atoms with Crippen molar-refractivity contribution in [2.75, 3.05) is 6.54 Å². The van der Waals surface area contributed by atoms with Crippen LogP contribution in [0.25, 0.3) is 0 Å². The summed E-state index contributed by atoms with van der Waals surface area (Å²) in [6.07, 6.45) is 0.261. The van der Waals surface area contributed by atoms with Crippen molar-refractivity contribution < 1.29 is 4.39 Å². The average molecular weight is 188 g/mol. The summed E-state index contributed by atoms with van der Waals surface area (Å²) in [6.45, 7) is 0.196. The smallest absolute Gasteiger partial charge is 0.138 e. The van der Waals surface area contributed by atoms with Gasteiger partial charge in [0.15, 0.2) is 0 Å². The molecule has 0 aliphatic carbocycles. The van der Waals surface area contributed by atoms with Gasteiger partial charge in [-0.15, -0.1) is 0 Å². The van der Waals surface area contributed by atoms with Crippen molar-refractivity contribution in [2.45, 2.75) is 6.42 Å². The van der Waals surface area contributed by atoms with E-state index in [9.17, 15) is 4.39 Å². The lowest BCUT2D eigenvalue weighted by molar-refractivity contribution is 0.623. The summed E-state index contributed by atoms with van der Waals surface area (Å²) in [4.78, 5) is 0. The molecule has 0 fully saturated rings. The molecule has 0 aliphatic heterocycles. The Morgan fingerprint density at radius 1 is 1.43 bits per heavy atom. The molecule has 1 rings (SSSR count). The van der Waals surface area contributed by atoms with Crippen molar-refractivity contribution in [1.82, 2.24) is 0 Å². The van der Waals surface area contributed by atoms with Crippen LogP contribution in [-0.4, -0.2) is 6.54 Å². The van der Waals surface area contributed by atoms with E-state index in [0.29, 0.717) is 5.56 Å². The zero-order chi connectivity index (χ0) is 10.4. The highest BCUT2D eigenvalue weighted by Gasteiger charge is 2.00. The molecular formula is C11H9FN2. The normalized spacial score (nSPS) is 8.64. The zero-order valence-electron chi connectivity index (χ0n) is 7.55. The SMILES string of the molecule is N#CCc1ccc(F)c(C#CCN)c1. The van der Waals surface area contributed by atoms with Crippen molar-refractivity contribution >= 4 is 0 Å². The van der Waals surface area contributed by atoms with E-state index in [2.05, 4.69) is 11.8 Å². The number of nitriles is 1. The number of hydrogen-bond donors (Lipinski definition) is 1. The van der Waals surface area contributed by atoms with Crippen molar-refractivity contribution in [1.29, 1.82) is 5.26 Å². The molecule has 0 amide bonds. The van der Waals surface area contributed by atoms with Gasteiger partial charge in [-0.1, -0.05) is 17.9 Å². The minimum absolute atomic E-state index is 0.196. The second-order valence-electron chi connectivity index (χ2n) is 2.65. The standard InChI is InChI=1S/C11H9FN2/c12-11-4-3-9(5-7-14)8-10(11)2-1-6-13/h3-4,8H,5-6,13H2. The van der Waals surface area contributed by atoms with Crippen LogP contribution in [-0.2, 0) is 6.42 Å². The maximum absolute atomic E-state index is 13.1. The van der Waals surface area contributed by atoms with Gasteiger partial charge in [0.1, 0.15) is 5.82 Å². The molecule has 2 nitrogen and oxygen atoms in total. The van der Waals surface area contributed by atoms with Crippen LogP contribution in [0.15, 0.2) is 18.2 Å². The van der Waals surface area contributed by atoms with Gasteiger partial charge in [0.2, 0.25) is 0 Å². The number of hydrogen-bond acceptors (Lipinski definition) is 2. The molecule has 70 valence electrons. The van der Waals surface area contributed by atoms with Gasteiger partial charge in [0, 0.05) is 0 Å². The van der Waals surface area contributed by atoms with Crippen LogP contribution in [0.5, 0.6) is 0 Å². The first-order chi connectivity index (χ1) is 6.77. The van der Waals surface area contributed by atoms with Crippen LogP contribution < -0.4 is 5.73 Å². The Kier molecular flexibility index (Phi) is 3.67. The maximum atomic E-state index is 13.1. The molecule has 0 saturated carbocycles. The molecule has 0 unspecified atom stereocenters. The first-order valence-corrected chi connectivity index (χ1v) is 4.12. The van der Waals surface area contributed by atoms with Crippen LogP contribution in [0.3, 0.4) is 0 Å². The molecule has 1 aromatic carbocycles. The summed E-state index contributed by atoms with van der Waals surface area (Å²) in [6, 6.07) is 6.45. The van der Waals surface area contributed by atoms with Crippen LogP contribution in [0.2, 0.25) is 0 Å². The predicted molar refractivity (Wildman–Crippen MR) is 51.6 cm³/mol. The molecule has 1 aromatic rings. The first-order valence-electron chi connectivity index (χ1n) is 4.12. The third kappa shape index (κ3) is 2.58. The van der Waals surface area contributed by atoms with E-state index in [1.165, 1.54) is 6.07 Å². The third-order valence-corrected chi connectivity index (χ3v) is 1.64. The molecule has 0 radical (unpaired) electrons. The first kappa shape index (κ1) is 10.2. The molecule has 3 heteroatoms. The summed E-state index contributed by atoms with van der Waals surface area (Å²) in [5, 5.41) is 8.46. The van der Waals surface area contributed by atoms with Crippen molar-refractivity contribution in [3.05, 3.63) is 35.1 Å². The van der Waals surface area contributed by atoms with Gasteiger partial charge in [0.25, 0.3) is 0 Å². The minimum Gasteiger partial charge on any atom is -0.320 e. The van der Waals surface area contributed by atoms with E-state index in [1.807, 2.05) is 6.07 Å². The van der Waals surface area contributed by atoms with Crippen molar-refractivity contribution in [2.24, 2.45) is 5.73 Å². The van der Waals surface area contributed by atoms with Gasteiger partial charge in [0.05, 0.1) is 24.6 Å². The molecular weight excluding hydrogens is 179 g/mol. The van der Waals surface area contributed by atoms with Gasteiger partial charge in [-0.2, -0.15) is 5.26 Å². The number of nitrogens with zero attached hydrogens (tertiary/aromatic N) is 1. The second kappa shape index (κ2) is 5.01. The second-order valence-corrected chi connectivity index (χ2v) is 2.65. The largest absolute Gasteiger partial charge is 0.320 e. The van der Waals surface area contributed by atoms with Crippen LogP contribution >= 0.6 is 0 Å². The van der Waals surface area contributed by atoms with E-state index in [1.54, 1.807) is 12.1 Å². The molecule has 14 heavy (non-hydrogen) atoms. The summed E-state index contributed by atoms with van der Waals surface area (Å²) in [7, 11) is 0. The maximum Gasteiger partial charge on any atom is 0.138 e. The van der Waals surface area contributed by atoms with E-state index in [0.717, 1.165) is 5.56 Å². The van der Waals surface area contributed by atoms with Crippen LogP contribution in [0.1, 0.15) is 11.1 Å². The summed E-state index contributed by atoms with van der Waals surface area (Å²) < 4.78 is 13.1. The van der Waals surface area contributed by atoms with Gasteiger partial charge >= 0.3 is 0 Å². The fourth-order valence-corrected chi connectivity index (χ4v) is 1.02. The fourth-order valence-electron chi connectivity index (χ4n) is 1.02. The van der Waals surface area contributed by atoms with Crippen molar-refractivity contribution in [3.63, 3.8) is 0 Å². The lowest BCUT2D eigenvalue weighted by Crippen LogP contribution is -1.94. The number of rotatable bonds is 1. The Labute approximate surface area is 82.2 Å². The Morgan fingerprint density at radius 3 is 2.86 bits per heavy atom. The van der Waals surface area contributed by atoms with Gasteiger partial charge in [-0.05, 0) is 17.7 Å². The van der Waals surface area contributed by atoms with E-state index in [4.69, 9.17) is 11.0 Å². The highest BCUT2D eigenvalue weighted by atomic mass is 19.1. The number of nitrogens with two attached hydrogens (primary N) is 1. The Morgan fingerprint density at radius 2 is 2.21 bits per heavy atom. The lowest BCUT2D eigenvalue weighted by Gasteiger charge is -1.97. The van der Waals surface area contributed by atoms with E-state index >= 15 is 0 Å². The molecule has 2 N–H and O–H groups in total. The molecule has 0 aromatic heterocycles. The summed E-state index contributed by atoms with van der Waals surface area (Å²) in [5.74, 6) is 4.80. The third-order valence-electron chi connectivity index (χ3n) is 1.64. The minimum atomic E-state index is -0.382. The molecule has 0 bridgehead atoms. The van der Waals surface area contributed by atoms with Gasteiger partial charge < -0.3 is 5.73 Å². The Bertz CT molecular complexity index is 421. The lowest BCUT2D eigenvalue weighted by atomic mass is 10.1. The Hall–Kier alpha value is -1.84. The Balaban J connectivity index is 3.03. The topological polar surface area (TPSA) is 49.8 Å². The highest BCUT2D eigenvalue weighted by molar-refractivity contribution is 5.39. The van der Waals surface area contributed by atoms with E-state index in [-0.39, 0.29) is 18.8 Å². The molecule has 0 atom stereocenters. The quantitative estimate of drug-likeness (QED) is 0.673. The van der Waals surface area contributed by atoms with Gasteiger partial charge in [-0.3, -0.25) is 0 Å². The number of benzene rings is 1. The molecule has 0 spiro atoms. The van der Waals surface area contributed by atoms with Crippen LogP contribution in [0, 0.1) is 29.0 Å². The molecule has 0 saturated heterocycles. The molecule has 0 aliphatic rings. The number of halogens is 1. The summed E-state index contributed by atoms with van der Waals surface area (Å²) >= 11 is 0. The predicted octanol–water partition coefficient (Wildman–Crippen LogP) is 1.20. The summed E-state index contributed by atoms with van der Waals surface area (Å²) in [5.41, 5.74) is 6.23. The highest BCUT2D eigenvalue weighted by Crippen LogP contribution is 2.09.